The van der Waals surface area contributed by atoms with Gasteiger partial charge in [0.1, 0.15) is 12.6 Å². The van der Waals surface area contributed by atoms with Crippen molar-refractivity contribution in [3.8, 4) is 0 Å². The second kappa shape index (κ2) is 6.47. The molecule has 1 aliphatic heterocycles. The van der Waals surface area contributed by atoms with Crippen molar-refractivity contribution in [2.75, 3.05) is 6.73 Å². The van der Waals surface area contributed by atoms with E-state index in [0.29, 0.717) is 0 Å². The van der Waals surface area contributed by atoms with Crippen molar-refractivity contribution in [2.24, 2.45) is 5.92 Å². The Labute approximate surface area is 121 Å². The summed E-state index contributed by atoms with van der Waals surface area (Å²) < 4.78 is 4.84. The fourth-order valence-electron chi connectivity index (χ4n) is 1.99. The molecular weight excluding hydrogens is 276 g/mol. The molecule has 1 aliphatic rings. The van der Waals surface area contributed by atoms with Crippen LogP contribution in [0.1, 0.15) is 12.5 Å². The van der Waals surface area contributed by atoms with Gasteiger partial charge in [-0.3, -0.25) is 14.9 Å². The molecule has 0 radical (unpaired) electrons. The van der Waals surface area contributed by atoms with Crippen LogP contribution in [0.4, 0.5) is 4.79 Å². The molecule has 1 aromatic carbocycles. The zero-order valence-corrected chi connectivity index (χ0v) is 11.5. The lowest BCUT2D eigenvalue weighted by molar-refractivity contribution is -0.154. The second-order valence-corrected chi connectivity index (χ2v) is 4.70. The van der Waals surface area contributed by atoms with E-state index in [1.165, 1.54) is 6.92 Å². The summed E-state index contributed by atoms with van der Waals surface area (Å²) in [6.45, 7) is 0.958. The smallest absolute Gasteiger partial charge is 0.332 e. The molecule has 2 atom stereocenters. The number of aliphatic hydroxyl groups excluding tert-OH is 1. The van der Waals surface area contributed by atoms with Crippen molar-refractivity contribution in [1.82, 2.24) is 10.2 Å². The van der Waals surface area contributed by atoms with E-state index in [2.05, 4.69) is 5.32 Å². The molecular formula is C14H16N2O5. The highest BCUT2D eigenvalue weighted by atomic mass is 16.6. The lowest BCUT2D eigenvalue weighted by Crippen LogP contribution is -2.59. The molecule has 1 saturated heterocycles. The van der Waals surface area contributed by atoms with Gasteiger partial charge in [-0.2, -0.15) is 0 Å². The average Bonchev–Trinajstić information content (AvgIpc) is 2.44. The number of barbiturate groups is 1. The number of rotatable bonds is 5. The maximum Gasteiger partial charge on any atom is 0.332 e. The molecule has 0 aromatic heterocycles. The fraction of sp³-hybridized carbons (Fsp3) is 0.357. The number of ether oxygens (including phenoxy) is 1. The number of carbonyl (C=O) groups excluding carboxylic acids is 3. The van der Waals surface area contributed by atoms with Crippen molar-refractivity contribution >= 4 is 17.8 Å². The summed E-state index contributed by atoms with van der Waals surface area (Å²) in [5, 5.41) is 11.2. The van der Waals surface area contributed by atoms with Crippen LogP contribution >= 0.6 is 0 Å². The number of benzene rings is 1. The number of nitrogens with one attached hydrogen (secondary N) is 1. The molecule has 0 spiro atoms. The third-order valence-corrected chi connectivity index (χ3v) is 3.08. The predicted octanol–water partition coefficient (Wildman–Crippen LogP) is 0.236. The van der Waals surface area contributed by atoms with Gasteiger partial charge in [-0.15, -0.1) is 0 Å². The number of hydrogen-bond donors (Lipinski definition) is 2. The molecule has 4 amide bonds. The fourth-order valence-corrected chi connectivity index (χ4v) is 1.99. The van der Waals surface area contributed by atoms with E-state index in [1.54, 1.807) is 24.3 Å². The molecule has 2 unspecified atom stereocenters. The maximum absolute atomic E-state index is 12.2. The number of nitrogens with zero attached hydrogens (tertiary/aromatic N) is 1. The van der Waals surface area contributed by atoms with Crippen molar-refractivity contribution < 1.29 is 24.2 Å². The summed E-state index contributed by atoms with van der Waals surface area (Å²) in [5.74, 6) is -2.24. The zero-order valence-electron chi connectivity index (χ0n) is 11.5. The zero-order chi connectivity index (χ0) is 15.4. The summed E-state index contributed by atoms with van der Waals surface area (Å²) in [6, 6.07) is 8.20. The van der Waals surface area contributed by atoms with Gasteiger partial charge < -0.3 is 9.84 Å². The summed E-state index contributed by atoms with van der Waals surface area (Å²) in [4.78, 5) is 36.5. The van der Waals surface area contributed by atoms with Crippen LogP contribution in [0.2, 0.25) is 0 Å². The molecule has 21 heavy (non-hydrogen) atoms. The molecule has 112 valence electrons. The van der Waals surface area contributed by atoms with Crippen molar-refractivity contribution in [2.45, 2.75) is 19.6 Å². The molecule has 7 heteroatoms. The third-order valence-electron chi connectivity index (χ3n) is 3.08. The average molecular weight is 292 g/mol. The van der Waals surface area contributed by atoms with E-state index in [0.717, 1.165) is 10.5 Å². The number of amides is 4. The molecule has 0 bridgehead atoms. The number of hydrogen-bond acceptors (Lipinski definition) is 5. The van der Waals surface area contributed by atoms with Crippen LogP contribution in [0.3, 0.4) is 0 Å². The highest BCUT2D eigenvalue weighted by Gasteiger charge is 2.40. The molecule has 0 saturated carbocycles. The largest absolute Gasteiger partial charge is 0.368 e. The molecule has 0 aliphatic carbocycles. The second-order valence-electron chi connectivity index (χ2n) is 4.70. The summed E-state index contributed by atoms with van der Waals surface area (Å²) in [6.07, 6.45) is -0.917. The molecule has 7 nitrogen and oxygen atoms in total. The highest BCUT2D eigenvalue weighted by Crippen LogP contribution is 2.16. The Bertz CT molecular complexity index is 544. The Morgan fingerprint density at radius 1 is 1.29 bits per heavy atom. The van der Waals surface area contributed by atoms with Crippen LogP contribution in [0.15, 0.2) is 30.3 Å². The van der Waals surface area contributed by atoms with Crippen LogP contribution in [-0.4, -0.2) is 40.9 Å². The normalized spacial score (nSPS) is 20.4. The van der Waals surface area contributed by atoms with E-state index in [-0.39, 0.29) is 6.42 Å². The predicted molar refractivity (Wildman–Crippen MR) is 71.7 cm³/mol. The Morgan fingerprint density at radius 3 is 2.57 bits per heavy atom. The topological polar surface area (TPSA) is 95.9 Å². The number of aliphatic hydroxyl groups is 1. The molecule has 2 N–H and O–H groups in total. The SMILES string of the molecule is CC(O)OCN1C(=O)NC(=O)C(Cc2ccccc2)C1=O. The van der Waals surface area contributed by atoms with Crippen LogP contribution in [0.25, 0.3) is 0 Å². The number of urea groups is 1. The lowest BCUT2D eigenvalue weighted by Gasteiger charge is -2.30. The first kappa shape index (κ1) is 15.1. The van der Waals surface area contributed by atoms with Crippen molar-refractivity contribution in [3.63, 3.8) is 0 Å². The van der Waals surface area contributed by atoms with E-state index < -0.39 is 36.8 Å². The van der Waals surface area contributed by atoms with Gasteiger partial charge in [0.05, 0.1) is 0 Å². The first-order chi connectivity index (χ1) is 9.99. The van der Waals surface area contributed by atoms with Gasteiger partial charge in [0.15, 0.2) is 6.29 Å². The first-order valence-electron chi connectivity index (χ1n) is 6.49. The van der Waals surface area contributed by atoms with E-state index in [1.807, 2.05) is 6.07 Å². The third kappa shape index (κ3) is 3.65. The number of carbonyl (C=O) groups is 3. The molecule has 1 fully saturated rings. The summed E-state index contributed by atoms with van der Waals surface area (Å²) in [5.41, 5.74) is 0.816. The first-order valence-corrected chi connectivity index (χ1v) is 6.49. The molecule has 1 aromatic rings. The minimum atomic E-state index is -1.11. The van der Waals surface area contributed by atoms with Gasteiger partial charge in [0.2, 0.25) is 11.8 Å². The maximum atomic E-state index is 12.2. The minimum absolute atomic E-state index is 0.198. The van der Waals surface area contributed by atoms with E-state index in [4.69, 9.17) is 9.84 Å². The monoisotopic (exact) mass is 292 g/mol. The highest BCUT2D eigenvalue weighted by molar-refractivity contribution is 6.16. The van der Waals surface area contributed by atoms with Gasteiger partial charge in [-0.05, 0) is 18.9 Å². The minimum Gasteiger partial charge on any atom is -0.368 e. The lowest BCUT2D eigenvalue weighted by atomic mass is 9.96. The summed E-state index contributed by atoms with van der Waals surface area (Å²) in [7, 11) is 0. The van der Waals surface area contributed by atoms with Crippen LogP contribution in [0.5, 0.6) is 0 Å². The van der Waals surface area contributed by atoms with Crippen molar-refractivity contribution in [1.29, 1.82) is 0 Å². The van der Waals surface area contributed by atoms with Gasteiger partial charge in [0, 0.05) is 0 Å². The van der Waals surface area contributed by atoms with E-state index >= 15 is 0 Å². The van der Waals surface area contributed by atoms with Crippen molar-refractivity contribution in [3.05, 3.63) is 35.9 Å². The molecule has 1 heterocycles. The van der Waals surface area contributed by atoms with Gasteiger partial charge in [-0.25, -0.2) is 9.69 Å². The van der Waals surface area contributed by atoms with E-state index in [9.17, 15) is 14.4 Å². The standard InChI is InChI=1S/C14H16N2O5/c1-9(17)21-8-16-13(19)11(12(18)15-14(16)20)7-10-5-3-2-4-6-10/h2-6,9,11,17H,7-8H2,1H3,(H,15,18,20). The van der Waals surface area contributed by atoms with Crippen LogP contribution in [-0.2, 0) is 20.7 Å². The van der Waals surface area contributed by atoms with Gasteiger partial charge in [0.25, 0.3) is 0 Å². The van der Waals surface area contributed by atoms with Crippen LogP contribution in [0, 0.1) is 5.92 Å². The van der Waals surface area contributed by atoms with Gasteiger partial charge in [-0.1, -0.05) is 30.3 Å². The Hall–Kier alpha value is -2.25. The summed E-state index contributed by atoms with van der Waals surface area (Å²) >= 11 is 0. The number of imide groups is 2. The molecule has 2 rings (SSSR count). The quantitative estimate of drug-likeness (QED) is 0.598. The van der Waals surface area contributed by atoms with Gasteiger partial charge >= 0.3 is 6.03 Å². The Balaban J connectivity index is 2.11. The van der Waals surface area contributed by atoms with Crippen LogP contribution < -0.4 is 5.32 Å². The Kier molecular flexibility index (Phi) is 4.66. The Morgan fingerprint density at radius 2 is 1.95 bits per heavy atom.